The van der Waals surface area contributed by atoms with Gasteiger partial charge in [-0.05, 0) is 31.7 Å². The third kappa shape index (κ3) is 7.22. The minimum atomic E-state index is -0.996. The summed E-state index contributed by atoms with van der Waals surface area (Å²) >= 11 is 0. The summed E-state index contributed by atoms with van der Waals surface area (Å²) in [7, 11) is 1.53. The molecule has 1 amide bonds. The highest BCUT2D eigenvalue weighted by molar-refractivity contribution is 5.81. The number of rotatable bonds is 10. The summed E-state index contributed by atoms with van der Waals surface area (Å²) < 4.78 is 4.91. The van der Waals surface area contributed by atoms with E-state index in [0.29, 0.717) is 19.6 Å². The Balaban J connectivity index is 2.32. The Labute approximate surface area is 131 Å². The van der Waals surface area contributed by atoms with Gasteiger partial charge in [0, 0.05) is 20.1 Å². The Morgan fingerprint density at radius 1 is 1.18 bits per heavy atom. The van der Waals surface area contributed by atoms with Crippen molar-refractivity contribution in [3.05, 3.63) is 35.4 Å². The van der Waals surface area contributed by atoms with Crippen LogP contribution in [0.25, 0.3) is 0 Å². The van der Waals surface area contributed by atoms with Crippen LogP contribution in [0.3, 0.4) is 0 Å². The van der Waals surface area contributed by atoms with Crippen molar-refractivity contribution in [2.45, 2.75) is 32.6 Å². The van der Waals surface area contributed by atoms with Gasteiger partial charge in [0.2, 0.25) is 5.91 Å². The number of unbranched alkanes of at least 4 members (excludes halogenated alkanes) is 1. The molecule has 22 heavy (non-hydrogen) atoms. The summed E-state index contributed by atoms with van der Waals surface area (Å²) in [6.45, 7) is 2.46. The number of aliphatic carboxylic acids is 1. The van der Waals surface area contributed by atoms with Crippen molar-refractivity contribution >= 4 is 11.9 Å². The zero-order chi connectivity index (χ0) is 16.4. The molecule has 1 aromatic carbocycles. The van der Waals surface area contributed by atoms with E-state index in [9.17, 15) is 9.59 Å². The smallest absolute Gasteiger partial charge is 0.323 e. The molecule has 0 unspecified atom stereocenters. The summed E-state index contributed by atoms with van der Waals surface area (Å²) in [5, 5.41) is 8.84. The molecule has 0 fully saturated rings. The van der Waals surface area contributed by atoms with Gasteiger partial charge in [0.15, 0.2) is 0 Å². The molecule has 0 radical (unpaired) electrons. The molecule has 0 heterocycles. The molecule has 0 aliphatic heterocycles. The van der Waals surface area contributed by atoms with Crippen molar-refractivity contribution < 1.29 is 19.4 Å². The lowest BCUT2D eigenvalue weighted by Crippen LogP contribution is -2.37. The Morgan fingerprint density at radius 3 is 2.45 bits per heavy atom. The second-order valence-electron chi connectivity index (χ2n) is 5.39. The number of carboxylic acids is 1. The van der Waals surface area contributed by atoms with Crippen molar-refractivity contribution in [2.24, 2.45) is 0 Å². The van der Waals surface area contributed by atoms with Crippen LogP contribution in [0.15, 0.2) is 24.3 Å². The first-order chi connectivity index (χ1) is 10.5. The van der Waals surface area contributed by atoms with Gasteiger partial charge in [-0.1, -0.05) is 29.8 Å². The van der Waals surface area contributed by atoms with Crippen molar-refractivity contribution in [3.8, 4) is 0 Å². The number of carboxylic acid groups (broad SMARTS) is 1. The van der Waals surface area contributed by atoms with E-state index >= 15 is 0 Å². The summed E-state index contributed by atoms with van der Waals surface area (Å²) in [4.78, 5) is 24.2. The fraction of sp³-hybridized carbons (Fsp3) is 0.529. The molecule has 0 spiro atoms. The summed E-state index contributed by atoms with van der Waals surface area (Å²) in [5.74, 6) is -1.12. The third-order valence-corrected chi connectivity index (χ3v) is 3.47. The predicted octanol–water partition coefficient (Wildman–Crippen LogP) is 2.27. The van der Waals surface area contributed by atoms with Gasteiger partial charge in [-0.3, -0.25) is 9.59 Å². The first kappa shape index (κ1) is 18.2. The monoisotopic (exact) mass is 307 g/mol. The minimum Gasteiger partial charge on any atom is -0.480 e. The standard InChI is InChI=1S/C17H25NO4/c1-14-7-9-15(10-8-14)5-3-4-6-16(19)18(11-12-22-2)13-17(20)21/h7-10H,3-6,11-13H2,1-2H3,(H,20,21). The lowest BCUT2D eigenvalue weighted by molar-refractivity contribution is -0.144. The van der Waals surface area contributed by atoms with Crippen LogP contribution in [0.1, 0.15) is 30.4 Å². The number of nitrogens with zero attached hydrogens (tertiary/aromatic N) is 1. The normalized spacial score (nSPS) is 10.5. The number of hydrogen-bond donors (Lipinski definition) is 1. The Bertz CT molecular complexity index is 470. The highest BCUT2D eigenvalue weighted by atomic mass is 16.5. The molecule has 0 saturated carbocycles. The molecule has 0 atom stereocenters. The zero-order valence-corrected chi connectivity index (χ0v) is 13.4. The molecule has 0 saturated heterocycles. The van der Waals surface area contributed by atoms with E-state index in [1.807, 2.05) is 0 Å². The topological polar surface area (TPSA) is 66.8 Å². The molecule has 5 nitrogen and oxygen atoms in total. The molecule has 0 aromatic heterocycles. The van der Waals surface area contributed by atoms with Crippen LogP contribution in [-0.4, -0.2) is 48.7 Å². The highest BCUT2D eigenvalue weighted by Crippen LogP contribution is 2.09. The van der Waals surface area contributed by atoms with Gasteiger partial charge in [-0.25, -0.2) is 0 Å². The molecule has 0 aliphatic carbocycles. The fourth-order valence-electron chi connectivity index (χ4n) is 2.17. The molecular formula is C17H25NO4. The maximum Gasteiger partial charge on any atom is 0.323 e. The molecule has 0 bridgehead atoms. The molecule has 1 rings (SSSR count). The number of benzene rings is 1. The lowest BCUT2D eigenvalue weighted by atomic mass is 10.1. The largest absolute Gasteiger partial charge is 0.480 e. The van der Waals surface area contributed by atoms with Crippen LogP contribution in [0.5, 0.6) is 0 Å². The van der Waals surface area contributed by atoms with E-state index in [-0.39, 0.29) is 12.5 Å². The lowest BCUT2D eigenvalue weighted by Gasteiger charge is -2.20. The van der Waals surface area contributed by atoms with Gasteiger partial charge >= 0.3 is 5.97 Å². The number of aryl methyl sites for hydroxylation is 2. The first-order valence-electron chi connectivity index (χ1n) is 7.57. The maximum absolute atomic E-state index is 12.0. The van der Waals surface area contributed by atoms with Gasteiger partial charge in [-0.2, -0.15) is 0 Å². The van der Waals surface area contributed by atoms with Crippen molar-refractivity contribution in [3.63, 3.8) is 0 Å². The quantitative estimate of drug-likeness (QED) is 0.673. The number of amides is 1. The molecule has 122 valence electrons. The van der Waals surface area contributed by atoms with Crippen molar-refractivity contribution in [1.82, 2.24) is 4.90 Å². The van der Waals surface area contributed by atoms with Gasteiger partial charge in [-0.15, -0.1) is 0 Å². The molecule has 1 aromatic rings. The van der Waals surface area contributed by atoms with Crippen LogP contribution in [-0.2, 0) is 20.7 Å². The minimum absolute atomic E-state index is 0.122. The van der Waals surface area contributed by atoms with E-state index in [1.54, 1.807) is 0 Å². The van der Waals surface area contributed by atoms with E-state index in [2.05, 4.69) is 31.2 Å². The van der Waals surface area contributed by atoms with Crippen LogP contribution in [0.4, 0.5) is 0 Å². The second kappa shape index (κ2) is 9.95. The number of hydrogen-bond acceptors (Lipinski definition) is 3. The maximum atomic E-state index is 12.0. The molecule has 0 aliphatic rings. The molecular weight excluding hydrogens is 282 g/mol. The molecule has 1 N–H and O–H groups in total. The Morgan fingerprint density at radius 2 is 1.86 bits per heavy atom. The average molecular weight is 307 g/mol. The van der Waals surface area contributed by atoms with Crippen LogP contribution >= 0.6 is 0 Å². The van der Waals surface area contributed by atoms with Gasteiger partial charge in [0.25, 0.3) is 0 Å². The van der Waals surface area contributed by atoms with Crippen molar-refractivity contribution in [2.75, 3.05) is 26.8 Å². The van der Waals surface area contributed by atoms with E-state index in [4.69, 9.17) is 9.84 Å². The van der Waals surface area contributed by atoms with E-state index in [1.165, 1.54) is 23.1 Å². The highest BCUT2D eigenvalue weighted by Gasteiger charge is 2.15. The fourth-order valence-corrected chi connectivity index (χ4v) is 2.17. The molecule has 5 heteroatoms. The second-order valence-corrected chi connectivity index (χ2v) is 5.39. The Kier molecular flexibility index (Phi) is 8.22. The van der Waals surface area contributed by atoms with Crippen LogP contribution in [0, 0.1) is 6.92 Å². The van der Waals surface area contributed by atoms with E-state index in [0.717, 1.165) is 19.3 Å². The van der Waals surface area contributed by atoms with Crippen LogP contribution < -0.4 is 0 Å². The predicted molar refractivity (Wildman–Crippen MR) is 84.8 cm³/mol. The zero-order valence-electron chi connectivity index (χ0n) is 13.4. The number of methoxy groups -OCH3 is 1. The van der Waals surface area contributed by atoms with Crippen molar-refractivity contribution in [1.29, 1.82) is 0 Å². The number of carbonyl (C=O) groups excluding carboxylic acids is 1. The van der Waals surface area contributed by atoms with E-state index < -0.39 is 5.97 Å². The average Bonchev–Trinajstić information content (AvgIpc) is 2.49. The third-order valence-electron chi connectivity index (χ3n) is 3.47. The van der Waals surface area contributed by atoms with Crippen LogP contribution in [0.2, 0.25) is 0 Å². The number of ether oxygens (including phenoxy) is 1. The summed E-state index contributed by atoms with van der Waals surface area (Å²) in [5.41, 5.74) is 2.50. The summed E-state index contributed by atoms with van der Waals surface area (Å²) in [6.07, 6.45) is 2.99. The number of carbonyl (C=O) groups is 2. The summed E-state index contributed by atoms with van der Waals surface area (Å²) in [6, 6.07) is 8.37. The van der Waals surface area contributed by atoms with Gasteiger partial charge in [0.05, 0.1) is 6.61 Å². The van der Waals surface area contributed by atoms with Gasteiger partial charge in [0.1, 0.15) is 6.54 Å². The first-order valence-corrected chi connectivity index (χ1v) is 7.57. The SMILES string of the molecule is COCCN(CC(=O)O)C(=O)CCCCc1ccc(C)cc1. The Hall–Kier alpha value is -1.88. The van der Waals surface area contributed by atoms with Gasteiger partial charge < -0.3 is 14.7 Å².